The summed E-state index contributed by atoms with van der Waals surface area (Å²) in [5.41, 5.74) is 3.53. The molecule has 0 atom stereocenters. The van der Waals surface area contributed by atoms with Crippen molar-refractivity contribution in [3.63, 3.8) is 0 Å². The minimum atomic E-state index is -0.0833. The van der Waals surface area contributed by atoms with Gasteiger partial charge in [0.2, 0.25) is 5.91 Å². The minimum Gasteiger partial charge on any atom is -0.497 e. The summed E-state index contributed by atoms with van der Waals surface area (Å²) < 4.78 is 5.22. The van der Waals surface area contributed by atoms with Crippen LogP contribution in [0.5, 0.6) is 5.75 Å². The lowest BCUT2D eigenvalue weighted by molar-refractivity contribution is -0.115. The fraction of sp³-hybridized carbons (Fsp3) is 0.0909. The zero-order chi connectivity index (χ0) is 19.3. The summed E-state index contributed by atoms with van der Waals surface area (Å²) >= 11 is 0. The number of nitrogens with zero attached hydrogens (tertiary/aromatic N) is 1. The van der Waals surface area contributed by atoms with E-state index in [0.717, 1.165) is 27.9 Å². The van der Waals surface area contributed by atoms with Crippen molar-refractivity contribution in [2.75, 3.05) is 17.7 Å². The number of aromatic amines is 1. The van der Waals surface area contributed by atoms with Crippen molar-refractivity contribution in [3.8, 4) is 5.75 Å². The molecule has 6 nitrogen and oxygen atoms in total. The topological polar surface area (TPSA) is 79.0 Å². The molecular formula is C22H20N4O2. The van der Waals surface area contributed by atoms with Gasteiger partial charge in [-0.1, -0.05) is 24.3 Å². The Bertz CT molecular complexity index is 1100. The van der Waals surface area contributed by atoms with Crippen LogP contribution in [-0.4, -0.2) is 23.0 Å². The number of nitrogens with one attached hydrogen (secondary N) is 3. The Morgan fingerprint density at radius 3 is 2.79 bits per heavy atom. The van der Waals surface area contributed by atoms with Crippen LogP contribution in [0.4, 0.5) is 17.2 Å². The Morgan fingerprint density at radius 1 is 1.07 bits per heavy atom. The Morgan fingerprint density at radius 2 is 1.96 bits per heavy atom. The summed E-state index contributed by atoms with van der Waals surface area (Å²) in [7, 11) is 1.63. The first-order valence-electron chi connectivity index (χ1n) is 8.93. The third kappa shape index (κ3) is 3.96. The standard InChI is InChI=1S/C22H20N4O2/c1-28-18-6-4-5-16(12-18)25-21-10-9-17(14-24-21)26-22(27)11-15-13-23-20-8-3-2-7-19(15)20/h2-10,12-14,23H,11H2,1H3,(H,24,25)(H,26,27). The molecule has 0 radical (unpaired) electrons. The van der Waals surface area contributed by atoms with Crippen molar-refractivity contribution in [1.82, 2.24) is 9.97 Å². The van der Waals surface area contributed by atoms with Gasteiger partial charge in [-0.05, 0) is 35.9 Å². The van der Waals surface area contributed by atoms with Gasteiger partial charge in [-0.25, -0.2) is 4.98 Å². The van der Waals surface area contributed by atoms with Crippen LogP contribution in [0.2, 0.25) is 0 Å². The van der Waals surface area contributed by atoms with E-state index in [2.05, 4.69) is 20.6 Å². The average molecular weight is 372 g/mol. The highest BCUT2D eigenvalue weighted by Crippen LogP contribution is 2.21. The van der Waals surface area contributed by atoms with E-state index in [1.54, 1.807) is 13.3 Å². The Labute approximate surface area is 162 Å². The molecule has 0 saturated heterocycles. The summed E-state index contributed by atoms with van der Waals surface area (Å²) in [4.78, 5) is 19.9. The zero-order valence-electron chi connectivity index (χ0n) is 15.4. The summed E-state index contributed by atoms with van der Waals surface area (Å²) in [6.45, 7) is 0. The number of amides is 1. The van der Waals surface area contributed by atoms with Gasteiger partial charge in [0.15, 0.2) is 0 Å². The number of benzene rings is 2. The SMILES string of the molecule is COc1cccc(Nc2ccc(NC(=O)Cc3c[nH]c4ccccc34)cn2)c1. The van der Waals surface area contributed by atoms with Crippen molar-refractivity contribution >= 4 is 34.0 Å². The molecule has 0 unspecified atom stereocenters. The number of carbonyl (C=O) groups excluding carboxylic acids is 1. The predicted octanol–water partition coefficient (Wildman–Crippen LogP) is 4.50. The van der Waals surface area contributed by atoms with E-state index in [4.69, 9.17) is 4.74 Å². The van der Waals surface area contributed by atoms with Crippen LogP contribution < -0.4 is 15.4 Å². The number of pyridine rings is 1. The lowest BCUT2D eigenvalue weighted by atomic mass is 10.1. The molecule has 0 fully saturated rings. The number of fused-ring (bicyclic) bond motifs is 1. The minimum absolute atomic E-state index is 0.0833. The number of para-hydroxylation sites is 1. The summed E-state index contributed by atoms with van der Waals surface area (Å²) in [6, 6.07) is 19.2. The van der Waals surface area contributed by atoms with Gasteiger partial charge in [0.1, 0.15) is 11.6 Å². The van der Waals surface area contributed by atoms with E-state index in [-0.39, 0.29) is 5.91 Å². The van der Waals surface area contributed by atoms with Gasteiger partial charge >= 0.3 is 0 Å². The second kappa shape index (κ2) is 7.84. The van der Waals surface area contributed by atoms with Crippen molar-refractivity contribution in [2.24, 2.45) is 0 Å². The van der Waals surface area contributed by atoms with Crippen LogP contribution in [-0.2, 0) is 11.2 Å². The number of H-pyrrole nitrogens is 1. The Kier molecular flexibility index (Phi) is 4.93. The summed E-state index contributed by atoms with van der Waals surface area (Å²) in [5.74, 6) is 1.37. The van der Waals surface area contributed by atoms with Crippen LogP contribution in [0.3, 0.4) is 0 Å². The molecule has 28 heavy (non-hydrogen) atoms. The maximum atomic E-state index is 12.4. The van der Waals surface area contributed by atoms with Crippen LogP contribution in [0.15, 0.2) is 73.1 Å². The van der Waals surface area contributed by atoms with Gasteiger partial charge in [0.25, 0.3) is 0 Å². The smallest absolute Gasteiger partial charge is 0.228 e. The second-order valence-corrected chi connectivity index (χ2v) is 6.37. The van der Waals surface area contributed by atoms with Crippen molar-refractivity contribution in [2.45, 2.75) is 6.42 Å². The van der Waals surface area contributed by atoms with E-state index in [9.17, 15) is 4.79 Å². The quantitative estimate of drug-likeness (QED) is 0.466. The van der Waals surface area contributed by atoms with Gasteiger partial charge in [-0.2, -0.15) is 0 Å². The molecule has 2 heterocycles. The highest BCUT2D eigenvalue weighted by atomic mass is 16.5. The van der Waals surface area contributed by atoms with Gasteiger partial charge in [0.05, 0.1) is 25.4 Å². The Hall–Kier alpha value is -3.80. The molecule has 2 aromatic carbocycles. The van der Waals surface area contributed by atoms with Crippen LogP contribution in [0.1, 0.15) is 5.56 Å². The van der Waals surface area contributed by atoms with E-state index in [1.807, 2.05) is 66.9 Å². The van der Waals surface area contributed by atoms with Crippen LogP contribution in [0.25, 0.3) is 10.9 Å². The van der Waals surface area contributed by atoms with E-state index in [0.29, 0.717) is 17.9 Å². The van der Waals surface area contributed by atoms with E-state index < -0.39 is 0 Å². The number of methoxy groups -OCH3 is 1. The number of ether oxygens (including phenoxy) is 1. The average Bonchev–Trinajstić information content (AvgIpc) is 3.12. The largest absolute Gasteiger partial charge is 0.497 e. The number of rotatable bonds is 6. The number of anilines is 3. The molecule has 0 bridgehead atoms. The molecule has 4 aromatic rings. The fourth-order valence-corrected chi connectivity index (χ4v) is 3.05. The normalized spacial score (nSPS) is 10.6. The maximum absolute atomic E-state index is 12.4. The van der Waals surface area contributed by atoms with Crippen molar-refractivity contribution in [3.05, 3.63) is 78.6 Å². The molecule has 2 aromatic heterocycles. The molecule has 140 valence electrons. The Balaban J connectivity index is 1.39. The predicted molar refractivity (Wildman–Crippen MR) is 111 cm³/mol. The van der Waals surface area contributed by atoms with Gasteiger partial charge in [-0.15, -0.1) is 0 Å². The maximum Gasteiger partial charge on any atom is 0.228 e. The van der Waals surface area contributed by atoms with E-state index >= 15 is 0 Å². The van der Waals surface area contributed by atoms with Crippen LogP contribution in [0, 0.1) is 0 Å². The highest BCUT2D eigenvalue weighted by Gasteiger charge is 2.09. The molecular weight excluding hydrogens is 352 g/mol. The van der Waals surface area contributed by atoms with Crippen molar-refractivity contribution in [1.29, 1.82) is 0 Å². The zero-order valence-corrected chi connectivity index (χ0v) is 15.4. The molecule has 6 heteroatoms. The van der Waals surface area contributed by atoms with Crippen LogP contribution >= 0.6 is 0 Å². The fourth-order valence-electron chi connectivity index (χ4n) is 3.05. The lowest BCUT2D eigenvalue weighted by Gasteiger charge is -2.09. The number of hydrogen-bond acceptors (Lipinski definition) is 4. The summed E-state index contributed by atoms with van der Waals surface area (Å²) in [5, 5.41) is 7.16. The molecule has 0 aliphatic carbocycles. The molecule has 0 aliphatic rings. The number of carbonyl (C=O) groups is 1. The first-order chi connectivity index (χ1) is 13.7. The molecule has 0 spiro atoms. The van der Waals surface area contributed by atoms with Gasteiger partial charge in [0, 0.05) is 28.9 Å². The summed E-state index contributed by atoms with van der Waals surface area (Å²) in [6.07, 6.45) is 3.81. The van der Waals surface area contributed by atoms with E-state index in [1.165, 1.54) is 0 Å². The van der Waals surface area contributed by atoms with Gasteiger partial charge in [-0.3, -0.25) is 4.79 Å². The first kappa shape index (κ1) is 17.6. The lowest BCUT2D eigenvalue weighted by Crippen LogP contribution is -2.14. The second-order valence-electron chi connectivity index (χ2n) is 6.37. The molecule has 4 rings (SSSR count). The molecule has 0 aliphatic heterocycles. The third-order valence-electron chi connectivity index (χ3n) is 4.42. The monoisotopic (exact) mass is 372 g/mol. The number of hydrogen-bond donors (Lipinski definition) is 3. The highest BCUT2D eigenvalue weighted by molar-refractivity contribution is 5.95. The molecule has 0 saturated carbocycles. The third-order valence-corrected chi connectivity index (χ3v) is 4.42. The van der Waals surface area contributed by atoms with Gasteiger partial charge < -0.3 is 20.4 Å². The first-order valence-corrected chi connectivity index (χ1v) is 8.93. The number of aromatic nitrogens is 2. The molecule has 3 N–H and O–H groups in total. The van der Waals surface area contributed by atoms with Crippen molar-refractivity contribution < 1.29 is 9.53 Å². The molecule has 1 amide bonds.